The molecule has 1 aliphatic heterocycles. The van der Waals surface area contributed by atoms with E-state index in [1.54, 1.807) is 0 Å². The summed E-state index contributed by atoms with van der Waals surface area (Å²) in [6, 6.07) is -1.08. The van der Waals surface area contributed by atoms with Crippen LogP contribution in [-0.4, -0.2) is 66.2 Å². The second kappa shape index (κ2) is 8.60. The quantitative estimate of drug-likeness (QED) is 0.456. The predicted molar refractivity (Wildman–Crippen MR) is 76.2 cm³/mol. The third kappa shape index (κ3) is 5.78. The second-order valence-electron chi connectivity index (χ2n) is 5.24. The molecule has 1 rings (SSSR count). The van der Waals surface area contributed by atoms with E-state index >= 15 is 0 Å². The van der Waals surface area contributed by atoms with E-state index < -0.39 is 54.5 Å². The maximum Gasteiger partial charge on any atom is 0.303 e. The molecule has 10 nitrogen and oxygen atoms in total. The van der Waals surface area contributed by atoms with E-state index in [2.05, 4.69) is 5.32 Å². The smallest absolute Gasteiger partial charge is 0.303 e. The molecule has 0 spiro atoms. The Kier molecular flexibility index (Phi) is 7.11. The van der Waals surface area contributed by atoms with Crippen molar-refractivity contribution in [1.29, 1.82) is 0 Å². The fraction of sp³-hybridized carbons (Fsp3) is 0.714. The summed E-state index contributed by atoms with van der Waals surface area (Å²) in [6.07, 6.45) is -5.11. The number of ether oxygens (including phenoxy) is 4. The number of aliphatic hydroxyl groups excluding tert-OH is 1. The molecule has 2 N–H and O–H groups in total. The second-order valence-corrected chi connectivity index (χ2v) is 5.24. The minimum absolute atomic E-state index is 0.326. The van der Waals surface area contributed by atoms with Crippen LogP contribution in [0.2, 0.25) is 0 Å². The van der Waals surface area contributed by atoms with Crippen molar-refractivity contribution in [2.24, 2.45) is 0 Å². The summed E-state index contributed by atoms with van der Waals surface area (Å²) < 4.78 is 20.2. The van der Waals surface area contributed by atoms with Crippen molar-refractivity contribution in [3.8, 4) is 0 Å². The third-order valence-electron chi connectivity index (χ3n) is 3.09. The summed E-state index contributed by atoms with van der Waals surface area (Å²) in [5.74, 6) is -2.52. The van der Waals surface area contributed by atoms with Gasteiger partial charge >= 0.3 is 17.9 Å². The molecule has 1 aliphatic rings. The Balaban J connectivity index is 3.11. The van der Waals surface area contributed by atoms with Crippen molar-refractivity contribution in [2.75, 3.05) is 6.61 Å². The highest BCUT2D eigenvalue weighted by atomic mass is 16.7. The van der Waals surface area contributed by atoms with E-state index in [0.717, 1.165) is 13.8 Å². The van der Waals surface area contributed by atoms with Crippen LogP contribution in [0.3, 0.4) is 0 Å². The minimum atomic E-state index is -1.61. The van der Waals surface area contributed by atoms with Gasteiger partial charge in [0.25, 0.3) is 0 Å². The maximum absolute atomic E-state index is 11.5. The van der Waals surface area contributed by atoms with Gasteiger partial charge < -0.3 is 29.4 Å². The Labute approximate surface area is 138 Å². The van der Waals surface area contributed by atoms with Gasteiger partial charge in [0.15, 0.2) is 18.5 Å². The predicted octanol–water partition coefficient (Wildman–Crippen LogP) is -1.37. The molecular weight excluding hydrogens is 326 g/mol. The summed E-state index contributed by atoms with van der Waals surface area (Å²) in [6.45, 7) is 4.31. The largest absolute Gasteiger partial charge is 0.463 e. The van der Waals surface area contributed by atoms with Crippen LogP contribution >= 0.6 is 0 Å². The van der Waals surface area contributed by atoms with Crippen LogP contribution in [0.4, 0.5) is 0 Å². The van der Waals surface area contributed by atoms with Crippen LogP contribution in [0.1, 0.15) is 27.7 Å². The van der Waals surface area contributed by atoms with Crippen LogP contribution < -0.4 is 5.32 Å². The molecule has 0 aliphatic carbocycles. The molecule has 10 heteroatoms. The first-order valence-corrected chi connectivity index (χ1v) is 7.20. The van der Waals surface area contributed by atoms with Gasteiger partial charge in [-0.2, -0.15) is 0 Å². The van der Waals surface area contributed by atoms with Crippen molar-refractivity contribution in [2.45, 2.75) is 58.3 Å². The first-order valence-electron chi connectivity index (χ1n) is 7.20. The number of aliphatic hydroxyl groups is 1. The molecule has 1 saturated heterocycles. The van der Waals surface area contributed by atoms with Gasteiger partial charge in [0, 0.05) is 27.7 Å². The van der Waals surface area contributed by atoms with Crippen molar-refractivity contribution < 1.29 is 43.2 Å². The first-order chi connectivity index (χ1) is 11.1. The molecular formula is C14H21NO9. The molecule has 0 aromatic rings. The minimum Gasteiger partial charge on any atom is -0.463 e. The summed E-state index contributed by atoms with van der Waals surface area (Å²) in [5.41, 5.74) is 0. The highest BCUT2D eigenvalue weighted by Gasteiger charge is 2.50. The summed E-state index contributed by atoms with van der Waals surface area (Å²) in [7, 11) is 0. The lowest BCUT2D eigenvalue weighted by atomic mass is 9.95. The molecule has 0 bridgehead atoms. The van der Waals surface area contributed by atoms with Gasteiger partial charge in [0.2, 0.25) is 5.91 Å². The summed E-state index contributed by atoms with van der Waals surface area (Å²) >= 11 is 0. The fourth-order valence-corrected chi connectivity index (χ4v) is 2.33. The molecule has 136 valence electrons. The van der Waals surface area contributed by atoms with Gasteiger partial charge in [-0.3, -0.25) is 19.2 Å². The number of carbonyl (C=O) groups is 4. The number of nitrogens with one attached hydrogen (secondary N) is 1. The Morgan fingerprint density at radius 3 is 1.96 bits per heavy atom. The number of esters is 3. The molecule has 1 fully saturated rings. The number of carbonyl (C=O) groups excluding carboxylic acids is 4. The zero-order valence-electron chi connectivity index (χ0n) is 13.8. The van der Waals surface area contributed by atoms with Crippen molar-refractivity contribution >= 4 is 23.8 Å². The van der Waals surface area contributed by atoms with Crippen LogP contribution in [-0.2, 0) is 38.1 Å². The Hall–Kier alpha value is -2.20. The average molecular weight is 347 g/mol. The Bertz CT molecular complexity index is 506. The number of hydrogen-bond donors (Lipinski definition) is 2. The third-order valence-corrected chi connectivity index (χ3v) is 3.09. The standard InChI is InChI=1S/C14H21NO9/c1-6(16)15-11-12(22-8(3)18)10(5-21-7(2)17)24-14(20)13(11)23-9(4)19/h10-14,20H,5H2,1-4H3,(H,15,16)/t10-,11+,12-,13+,14+/m1/s1. The lowest BCUT2D eigenvalue weighted by Crippen LogP contribution is -2.66. The first kappa shape index (κ1) is 19.8. The molecule has 1 amide bonds. The van der Waals surface area contributed by atoms with Crippen LogP contribution in [0.5, 0.6) is 0 Å². The van der Waals surface area contributed by atoms with Gasteiger partial charge in [-0.1, -0.05) is 0 Å². The molecule has 1 heterocycles. The average Bonchev–Trinajstić information content (AvgIpc) is 2.42. The molecule has 0 radical (unpaired) electrons. The van der Waals surface area contributed by atoms with Gasteiger partial charge in [0.1, 0.15) is 18.8 Å². The zero-order chi connectivity index (χ0) is 18.4. The number of amides is 1. The van der Waals surface area contributed by atoms with E-state index in [4.69, 9.17) is 18.9 Å². The SMILES string of the molecule is CC(=O)N[C@@H]1[C@H](OC(C)=O)[C@@H](O)O[C@H](COC(C)=O)[C@H]1OC(C)=O. The van der Waals surface area contributed by atoms with E-state index in [0.29, 0.717) is 0 Å². The van der Waals surface area contributed by atoms with E-state index in [1.165, 1.54) is 13.8 Å². The lowest BCUT2D eigenvalue weighted by molar-refractivity contribution is -0.271. The molecule has 0 aromatic carbocycles. The van der Waals surface area contributed by atoms with Gasteiger partial charge in [-0.05, 0) is 0 Å². The molecule has 5 atom stereocenters. The Morgan fingerprint density at radius 2 is 1.50 bits per heavy atom. The highest BCUT2D eigenvalue weighted by Crippen LogP contribution is 2.25. The van der Waals surface area contributed by atoms with Crippen molar-refractivity contribution in [3.63, 3.8) is 0 Å². The summed E-state index contributed by atoms with van der Waals surface area (Å²) in [4.78, 5) is 45.0. The molecule has 0 aromatic heterocycles. The number of hydrogen-bond acceptors (Lipinski definition) is 9. The van der Waals surface area contributed by atoms with Gasteiger partial charge in [-0.25, -0.2) is 0 Å². The summed E-state index contributed by atoms with van der Waals surface area (Å²) in [5, 5.41) is 12.5. The van der Waals surface area contributed by atoms with Gasteiger partial charge in [-0.15, -0.1) is 0 Å². The van der Waals surface area contributed by atoms with E-state index in [1.807, 2.05) is 0 Å². The highest BCUT2D eigenvalue weighted by molar-refractivity contribution is 5.74. The van der Waals surface area contributed by atoms with Gasteiger partial charge in [0.05, 0.1) is 0 Å². The lowest BCUT2D eigenvalue weighted by Gasteiger charge is -2.43. The van der Waals surface area contributed by atoms with E-state index in [-0.39, 0.29) is 6.61 Å². The monoisotopic (exact) mass is 347 g/mol. The molecule has 24 heavy (non-hydrogen) atoms. The zero-order valence-corrected chi connectivity index (χ0v) is 13.8. The maximum atomic E-state index is 11.5. The fourth-order valence-electron chi connectivity index (χ4n) is 2.33. The van der Waals surface area contributed by atoms with E-state index in [9.17, 15) is 24.3 Å². The normalized spacial score (nSPS) is 29.3. The topological polar surface area (TPSA) is 137 Å². The number of rotatable bonds is 5. The van der Waals surface area contributed by atoms with Crippen molar-refractivity contribution in [3.05, 3.63) is 0 Å². The Morgan fingerprint density at radius 1 is 0.958 bits per heavy atom. The molecule has 0 unspecified atom stereocenters. The van der Waals surface area contributed by atoms with Crippen LogP contribution in [0.25, 0.3) is 0 Å². The van der Waals surface area contributed by atoms with Crippen LogP contribution in [0.15, 0.2) is 0 Å². The molecule has 0 saturated carbocycles. The van der Waals surface area contributed by atoms with Crippen LogP contribution in [0, 0.1) is 0 Å². The van der Waals surface area contributed by atoms with Crippen molar-refractivity contribution in [1.82, 2.24) is 5.32 Å².